The number of unbranched alkanes of at least 4 members (excludes halogenated alkanes) is 15. The number of nitrogens with two attached hydrogens (primary N) is 1. The molecule has 0 aliphatic carbocycles. The van der Waals surface area contributed by atoms with Crippen LogP contribution >= 0.6 is 24.0 Å². The quantitative estimate of drug-likeness (QED) is 0.178. The third-order valence-electron chi connectivity index (χ3n) is 4.24. The van der Waals surface area contributed by atoms with Crippen LogP contribution in [0.5, 0.6) is 0 Å². The first-order chi connectivity index (χ1) is 10.8. The van der Waals surface area contributed by atoms with Gasteiger partial charge in [-0.25, -0.2) is 0 Å². The number of thioether (sulfide) groups is 1. The Morgan fingerprint density at radius 1 is 0.652 bits per heavy atom. The second-order valence-corrected chi connectivity index (χ2v) is 8.31. The molecule has 0 atom stereocenters. The van der Waals surface area contributed by atoms with Crippen molar-refractivity contribution in [3.8, 4) is 0 Å². The van der Waals surface area contributed by atoms with Gasteiger partial charge >= 0.3 is 29.6 Å². The Labute approximate surface area is 178 Å². The second kappa shape index (κ2) is 23.2. The molecule has 0 bridgehead atoms. The van der Waals surface area contributed by atoms with Gasteiger partial charge < -0.3 is 5.73 Å². The van der Waals surface area contributed by atoms with Gasteiger partial charge in [-0.15, -0.1) is 0 Å². The molecule has 0 saturated heterocycles. The van der Waals surface area contributed by atoms with Gasteiger partial charge in [0, 0.05) is 5.75 Å². The molecule has 0 spiro atoms. The van der Waals surface area contributed by atoms with Crippen LogP contribution in [0.3, 0.4) is 0 Å². The van der Waals surface area contributed by atoms with E-state index in [0.717, 1.165) is 5.75 Å². The van der Waals surface area contributed by atoms with Crippen LogP contribution in [0.15, 0.2) is 0 Å². The van der Waals surface area contributed by atoms with Crippen LogP contribution in [0.2, 0.25) is 0 Å². The van der Waals surface area contributed by atoms with Gasteiger partial charge in [-0.3, -0.25) is 0 Å². The number of hydrogen-bond acceptors (Lipinski definition) is 2. The van der Waals surface area contributed by atoms with E-state index in [1.165, 1.54) is 103 Å². The molecule has 0 aromatic rings. The number of thiocarbonyl (C=S) groups is 1. The first-order valence-electron chi connectivity index (χ1n) is 9.69. The van der Waals surface area contributed by atoms with Gasteiger partial charge in [0.05, 0.1) is 0 Å². The molecular formula is C19H40NNaS2. The van der Waals surface area contributed by atoms with Crippen molar-refractivity contribution >= 4 is 57.9 Å². The molecule has 23 heavy (non-hydrogen) atoms. The summed E-state index contributed by atoms with van der Waals surface area (Å²) in [5.74, 6) is 1.10. The van der Waals surface area contributed by atoms with E-state index >= 15 is 0 Å². The van der Waals surface area contributed by atoms with Crippen molar-refractivity contribution in [2.24, 2.45) is 5.73 Å². The minimum atomic E-state index is 0. The molecule has 0 saturated carbocycles. The Hall–Kier alpha value is 1.24. The average molecular weight is 370 g/mol. The molecule has 0 radical (unpaired) electrons. The molecule has 0 fully saturated rings. The normalized spacial score (nSPS) is 10.5. The molecule has 4 heteroatoms. The summed E-state index contributed by atoms with van der Waals surface area (Å²) in [6, 6.07) is 0. The maximum absolute atomic E-state index is 5.45. The van der Waals surface area contributed by atoms with Gasteiger partial charge in [-0.1, -0.05) is 127 Å². The first kappa shape index (κ1) is 26.5. The van der Waals surface area contributed by atoms with Crippen molar-refractivity contribution in [3.63, 3.8) is 0 Å². The van der Waals surface area contributed by atoms with E-state index in [-0.39, 0.29) is 29.6 Å². The zero-order chi connectivity index (χ0) is 16.3. The van der Waals surface area contributed by atoms with Gasteiger partial charge in [-0.05, 0) is 6.42 Å². The molecule has 0 aromatic heterocycles. The topological polar surface area (TPSA) is 26.0 Å². The maximum atomic E-state index is 5.45. The van der Waals surface area contributed by atoms with E-state index in [4.69, 9.17) is 18.0 Å². The van der Waals surface area contributed by atoms with E-state index < -0.39 is 0 Å². The predicted octanol–water partition coefficient (Wildman–Crippen LogP) is 6.58. The molecule has 2 N–H and O–H groups in total. The van der Waals surface area contributed by atoms with E-state index in [2.05, 4.69) is 6.92 Å². The van der Waals surface area contributed by atoms with Gasteiger partial charge in [0.15, 0.2) is 0 Å². The van der Waals surface area contributed by atoms with Crippen LogP contribution in [0.25, 0.3) is 0 Å². The fourth-order valence-electron chi connectivity index (χ4n) is 2.82. The Morgan fingerprint density at radius 2 is 0.957 bits per heavy atom. The van der Waals surface area contributed by atoms with E-state index in [1.807, 2.05) is 0 Å². The first-order valence-corrected chi connectivity index (χ1v) is 11.1. The predicted molar refractivity (Wildman–Crippen MR) is 116 cm³/mol. The van der Waals surface area contributed by atoms with Crippen LogP contribution < -0.4 is 5.73 Å². The fourth-order valence-corrected chi connectivity index (χ4v) is 3.62. The zero-order valence-corrected chi connectivity index (χ0v) is 16.5. The fraction of sp³-hybridized carbons (Fsp3) is 0.947. The summed E-state index contributed by atoms with van der Waals surface area (Å²) in [6.07, 6.45) is 22.7. The van der Waals surface area contributed by atoms with Gasteiger partial charge in [0.25, 0.3) is 0 Å². The van der Waals surface area contributed by atoms with E-state index in [9.17, 15) is 0 Å². The monoisotopic (exact) mass is 369 g/mol. The van der Waals surface area contributed by atoms with Crippen LogP contribution in [0.4, 0.5) is 0 Å². The molecular weight excluding hydrogens is 329 g/mol. The average Bonchev–Trinajstić information content (AvgIpc) is 2.50. The summed E-state index contributed by atoms with van der Waals surface area (Å²) in [5.41, 5.74) is 5.45. The minimum absolute atomic E-state index is 0. The number of rotatable bonds is 17. The molecule has 0 heterocycles. The van der Waals surface area contributed by atoms with Crippen molar-refractivity contribution in [3.05, 3.63) is 0 Å². The molecule has 0 unspecified atom stereocenters. The van der Waals surface area contributed by atoms with Crippen LogP contribution in [0.1, 0.15) is 110 Å². The second-order valence-electron chi connectivity index (χ2n) is 6.47. The molecule has 0 aliphatic rings. The Balaban J connectivity index is 0. The summed E-state index contributed by atoms with van der Waals surface area (Å²) in [7, 11) is 0. The van der Waals surface area contributed by atoms with Crippen molar-refractivity contribution in [2.45, 2.75) is 110 Å². The van der Waals surface area contributed by atoms with Crippen molar-refractivity contribution in [1.29, 1.82) is 0 Å². The van der Waals surface area contributed by atoms with Crippen molar-refractivity contribution in [1.82, 2.24) is 0 Å². The third kappa shape index (κ3) is 25.6. The summed E-state index contributed by atoms with van der Waals surface area (Å²) >= 11 is 6.47. The Morgan fingerprint density at radius 3 is 1.26 bits per heavy atom. The molecule has 1 nitrogen and oxygen atoms in total. The molecule has 0 aromatic carbocycles. The van der Waals surface area contributed by atoms with Crippen LogP contribution in [0, 0.1) is 0 Å². The molecule has 0 rings (SSSR count). The zero-order valence-electron chi connectivity index (χ0n) is 14.9. The summed E-state index contributed by atoms with van der Waals surface area (Å²) in [4.78, 5) is 0. The van der Waals surface area contributed by atoms with Gasteiger partial charge in [0.1, 0.15) is 4.32 Å². The van der Waals surface area contributed by atoms with Crippen LogP contribution in [-0.2, 0) is 0 Å². The third-order valence-corrected chi connectivity index (χ3v) is 5.37. The molecule has 0 amide bonds. The molecule has 134 valence electrons. The number of hydrogen-bond donors (Lipinski definition) is 1. The molecule has 0 aliphatic heterocycles. The summed E-state index contributed by atoms with van der Waals surface area (Å²) < 4.78 is 0.598. The summed E-state index contributed by atoms with van der Waals surface area (Å²) in [5, 5.41) is 0. The van der Waals surface area contributed by atoms with Gasteiger partial charge in [0.2, 0.25) is 0 Å². The van der Waals surface area contributed by atoms with E-state index in [1.54, 1.807) is 11.8 Å². The Kier molecular flexibility index (Phi) is 26.7. The van der Waals surface area contributed by atoms with Gasteiger partial charge in [-0.2, -0.15) is 0 Å². The summed E-state index contributed by atoms with van der Waals surface area (Å²) in [6.45, 7) is 2.29. The van der Waals surface area contributed by atoms with E-state index in [0.29, 0.717) is 4.32 Å². The van der Waals surface area contributed by atoms with Crippen LogP contribution in [-0.4, -0.2) is 39.6 Å². The Bertz CT molecular complexity index is 237. The SMILES string of the molecule is CCCCCCCCCCCCCCCCCCSC(N)=S.[NaH]. The van der Waals surface area contributed by atoms with Crippen molar-refractivity contribution in [2.75, 3.05) is 5.75 Å². The standard InChI is InChI=1S/C19H39NS2.Na.H/c1-2-3-4-5-6-7-8-9-10-11-12-13-14-15-16-17-18-22-19(20)21;;/h2-18H2,1H3,(H2,20,21);;. The van der Waals surface area contributed by atoms with Crippen molar-refractivity contribution < 1.29 is 0 Å².